The number of amides is 3. The monoisotopic (exact) mass is 454 g/mol. The van der Waals surface area contributed by atoms with Crippen LogP contribution in [0.4, 0.5) is 11.4 Å². The number of benzene rings is 2. The summed E-state index contributed by atoms with van der Waals surface area (Å²) in [4.78, 5) is 43.5. The maximum absolute atomic E-state index is 12.6. The molecule has 32 heavy (non-hydrogen) atoms. The predicted molar refractivity (Wildman–Crippen MR) is 126 cm³/mol. The maximum Gasteiger partial charge on any atom is 0.261 e. The Morgan fingerprint density at radius 2 is 1.72 bits per heavy atom. The van der Waals surface area contributed by atoms with Crippen LogP contribution in [0, 0.1) is 6.92 Å². The lowest BCUT2D eigenvalue weighted by molar-refractivity contribution is -0.116. The predicted octanol–water partition coefficient (Wildman–Crippen LogP) is 3.42. The fourth-order valence-electron chi connectivity index (χ4n) is 4.15. The van der Waals surface area contributed by atoms with Crippen molar-refractivity contribution in [2.24, 2.45) is 0 Å². The van der Waals surface area contributed by atoms with Gasteiger partial charge in [0.15, 0.2) is 0 Å². The van der Waals surface area contributed by atoms with Gasteiger partial charge in [0.25, 0.3) is 11.8 Å². The SMILES string of the molecule is Cc1ccc2c(c1)C(=O)N(CCCC(=O)Nc1cc(Cl)ccc1N1CCN(C)CC1)C2=O. The third-order valence-corrected chi connectivity index (χ3v) is 6.22. The molecule has 2 aromatic rings. The first-order valence-electron chi connectivity index (χ1n) is 10.8. The molecule has 8 heteroatoms. The number of halogens is 1. The number of anilines is 2. The lowest BCUT2D eigenvalue weighted by Crippen LogP contribution is -2.44. The van der Waals surface area contributed by atoms with Gasteiger partial charge in [-0.3, -0.25) is 19.3 Å². The number of rotatable bonds is 6. The van der Waals surface area contributed by atoms with E-state index in [0.717, 1.165) is 37.4 Å². The highest BCUT2D eigenvalue weighted by molar-refractivity contribution is 6.31. The van der Waals surface area contributed by atoms with E-state index in [1.807, 2.05) is 25.1 Å². The number of likely N-dealkylation sites (N-methyl/N-ethyl adjacent to an activating group) is 1. The van der Waals surface area contributed by atoms with Crippen LogP contribution < -0.4 is 10.2 Å². The Kier molecular flexibility index (Phi) is 6.48. The molecule has 0 spiro atoms. The molecule has 7 nitrogen and oxygen atoms in total. The van der Waals surface area contributed by atoms with Crippen LogP contribution in [0.1, 0.15) is 39.1 Å². The van der Waals surface area contributed by atoms with Crippen molar-refractivity contribution in [1.29, 1.82) is 0 Å². The van der Waals surface area contributed by atoms with Crippen LogP contribution >= 0.6 is 11.6 Å². The summed E-state index contributed by atoms with van der Waals surface area (Å²) in [6, 6.07) is 10.8. The number of fused-ring (bicyclic) bond motifs is 1. The van der Waals surface area contributed by atoms with Crippen molar-refractivity contribution in [2.45, 2.75) is 19.8 Å². The minimum atomic E-state index is -0.294. The van der Waals surface area contributed by atoms with Gasteiger partial charge in [-0.25, -0.2) is 0 Å². The Labute approximate surface area is 192 Å². The summed E-state index contributed by atoms with van der Waals surface area (Å²) >= 11 is 6.18. The van der Waals surface area contributed by atoms with Crippen molar-refractivity contribution in [2.75, 3.05) is 50.0 Å². The third-order valence-electron chi connectivity index (χ3n) is 5.99. The summed E-state index contributed by atoms with van der Waals surface area (Å²) in [5.74, 6) is -0.756. The van der Waals surface area contributed by atoms with E-state index >= 15 is 0 Å². The zero-order chi connectivity index (χ0) is 22.8. The minimum absolute atomic E-state index is 0.171. The van der Waals surface area contributed by atoms with Crippen LogP contribution in [0.3, 0.4) is 0 Å². The van der Waals surface area contributed by atoms with Gasteiger partial charge in [-0.15, -0.1) is 0 Å². The van der Waals surface area contributed by atoms with Gasteiger partial charge in [0.05, 0.1) is 22.5 Å². The summed E-state index contributed by atoms with van der Waals surface area (Å²) in [7, 11) is 2.09. The largest absolute Gasteiger partial charge is 0.367 e. The van der Waals surface area contributed by atoms with E-state index in [1.54, 1.807) is 18.2 Å². The Balaban J connectivity index is 1.35. The molecule has 0 aliphatic carbocycles. The minimum Gasteiger partial charge on any atom is -0.367 e. The number of hydrogen-bond donors (Lipinski definition) is 1. The highest BCUT2D eigenvalue weighted by Gasteiger charge is 2.35. The van der Waals surface area contributed by atoms with Gasteiger partial charge in [0.2, 0.25) is 5.91 Å². The second kappa shape index (κ2) is 9.30. The Hall–Kier alpha value is -2.90. The van der Waals surface area contributed by atoms with Gasteiger partial charge in [-0.1, -0.05) is 23.2 Å². The maximum atomic E-state index is 12.6. The molecule has 3 amide bonds. The van der Waals surface area contributed by atoms with E-state index in [2.05, 4.69) is 22.2 Å². The molecule has 0 bridgehead atoms. The summed E-state index contributed by atoms with van der Waals surface area (Å²) in [6.07, 6.45) is 0.585. The first kappa shape index (κ1) is 22.3. The highest BCUT2D eigenvalue weighted by atomic mass is 35.5. The normalized spacial score (nSPS) is 16.5. The van der Waals surface area contributed by atoms with E-state index in [-0.39, 0.29) is 30.7 Å². The lowest BCUT2D eigenvalue weighted by Gasteiger charge is -2.35. The fraction of sp³-hybridized carbons (Fsp3) is 0.375. The summed E-state index contributed by atoms with van der Waals surface area (Å²) in [5, 5.41) is 3.52. The van der Waals surface area contributed by atoms with Gasteiger partial charge in [0.1, 0.15) is 0 Å². The van der Waals surface area contributed by atoms with Crippen LogP contribution in [0.25, 0.3) is 0 Å². The summed E-state index contributed by atoms with van der Waals surface area (Å²) in [6.45, 7) is 5.75. The Bertz CT molecular complexity index is 1060. The van der Waals surface area contributed by atoms with E-state index < -0.39 is 0 Å². The van der Waals surface area contributed by atoms with Crippen LogP contribution in [0.5, 0.6) is 0 Å². The van der Waals surface area contributed by atoms with Crippen molar-refractivity contribution >= 4 is 40.7 Å². The number of carbonyl (C=O) groups is 3. The molecule has 2 aliphatic rings. The second-order valence-corrected chi connectivity index (χ2v) is 8.85. The molecule has 1 N–H and O–H groups in total. The second-order valence-electron chi connectivity index (χ2n) is 8.41. The molecule has 2 heterocycles. The average Bonchev–Trinajstić information content (AvgIpc) is 2.99. The summed E-state index contributed by atoms with van der Waals surface area (Å²) < 4.78 is 0. The highest BCUT2D eigenvalue weighted by Crippen LogP contribution is 2.30. The number of imide groups is 1. The van der Waals surface area contributed by atoms with Gasteiger partial charge >= 0.3 is 0 Å². The number of hydrogen-bond acceptors (Lipinski definition) is 5. The number of piperazine rings is 1. The molecule has 0 aromatic heterocycles. The molecule has 0 saturated carbocycles. The molecule has 1 saturated heterocycles. The van der Waals surface area contributed by atoms with Gasteiger partial charge in [-0.2, -0.15) is 0 Å². The van der Waals surface area contributed by atoms with Crippen molar-refractivity contribution in [3.8, 4) is 0 Å². The first-order chi connectivity index (χ1) is 15.3. The molecule has 0 radical (unpaired) electrons. The van der Waals surface area contributed by atoms with E-state index in [9.17, 15) is 14.4 Å². The fourth-order valence-corrected chi connectivity index (χ4v) is 4.32. The molecule has 168 valence electrons. The molecule has 1 fully saturated rings. The van der Waals surface area contributed by atoms with E-state index in [1.165, 1.54) is 4.90 Å². The average molecular weight is 455 g/mol. The third kappa shape index (κ3) is 4.64. The zero-order valence-corrected chi connectivity index (χ0v) is 19.1. The molecule has 2 aromatic carbocycles. The Morgan fingerprint density at radius 3 is 2.47 bits per heavy atom. The standard InChI is InChI=1S/C24H27ClN4O3/c1-16-5-7-18-19(14-16)24(32)29(23(18)31)9-3-4-22(30)26-20-15-17(25)6-8-21(20)28-12-10-27(2)11-13-28/h5-8,14-15H,3-4,9-13H2,1-2H3,(H,26,30). The molecule has 4 rings (SSSR count). The van der Waals surface area contributed by atoms with E-state index in [0.29, 0.717) is 28.3 Å². The van der Waals surface area contributed by atoms with Crippen LogP contribution in [0.2, 0.25) is 5.02 Å². The van der Waals surface area contributed by atoms with Gasteiger partial charge < -0.3 is 15.1 Å². The van der Waals surface area contributed by atoms with Crippen molar-refractivity contribution in [3.63, 3.8) is 0 Å². The van der Waals surface area contributed by atoms with Crippen LogP contribution in [-0.2, 0) is 4.79 Å². The van der Waals surface area contributed by atoms with Crippen LogP contribution in [-0.4, -0.2) is 67.3 Å². The Morgan fingerprint density at radius 1 is 1.00 bits per heavy atom. The van der Waals surface area contributed by atoms with Crippen molar-refractivity contribution < 1.29 is 14.4 Å². The topological polar surface area (TPSA) is 73.0 Å². The molecule has 0 atom stereocenters. The van der Waals surface area contributed by atoms with Crippen molar-refractivity contribution in [3.05, 3.63) is 58.1 Å². The smallest absolute Gasteiger partial charge is 0.261 e. The quantitative estimate of drug-likeness (QED) is 0.677. The molecule has 2 aliphatic heterocycles. The van der Waals surface area contributed by atoms with E-state index in [4.69, 9.17) is 11.6 Å². The molecule has 0 unspecified atom stereocenters. The van der Waals surface area contributed by atoms with Crippen molar-refractivity contribution in [1.82, 2.24) is 9.80 Å². The molecular formula is C24H27ClN4O3. The number of nitrogens with one attached hydrogen (secondary N) is 1. The lowest BCUT2D eigenvalue weighted by atomic mass is 10.1. The number of nitrogens with zero attached hydrogens (tertiary/aromatic N) is 3. The van der Waals surface area contributed by atoms with Gasteiger partial charge in [-0.05, 0) is 50.7 Å². The number of aryl methyl sites for hydroxylation is 1. The first-order valence-corrected chi connectivity index (χ1v) is 11.2. The van der Waals surface area contributed by atoms with Gasteiger partial charge in [0, 0.05) is 44.2 Å². The van der Waals surface area contributed by atoms with Crippen LogP contribution in [0.15, 0.2) is 36.4 Å². The summed E-state index contributed by atoms with van der Waals surface area (Å²) in [5.41, 5.74) is 3.44. The number of carbonyl (C=O) groups excluding carboxylic acids is 3. The molecular weight excluding hydrogens is 428 g/mol. The zero-order valence-electron chi connectivity index (χ0n) is 18.4.